The fourth-order valence-corrected chi connectivity index (χ4v) is 2.70. The van der Waals surface area contributed by atoms with Gasteiger partial charge in [0.2, 0.25) is 0 Å². The standard InChI is InChI=1S/C17H26O/c1-3-14(2)11-16-9-6-10-17(12-16)18-13-15-7-4-5-8-15/h6,9-10,12,14-15H,3-5,7-8,11,13H2,1-2H3/t14-/m0/s1. The van der Waals surface area contributed by atoms with E-state index in [2.05, 4.69) is 38.1 Å². The summed E-state index contributed by atoms with van der Waals surface area (Å²) >= 11 is 0. The number of hydrogen-bond acceptors (Lipinski definition) is 1. The molecule has 0 amide bonds. The molecule has 1 nitrogen and oxygen atoms in total. The topological polar surface area (TPSA) is 9.23 Å². The van der Waals surface area contributed by atoms with Crippen LogP contribution in [-0.2, 0) is 6.42 Å². The van der Waals surface area contributed by atoms with E-state index in [9.17, 15) is 0 Å². The van der Waals surface area contributed by atoms with Crippen LogP contribution in [0.15, 0.2) is 24.3 Å². The van der Waals surface area contributed by atoms with E-state index in [1.807, 2.05) is 0 Å². The van der Waals surface area contributed by atoms with Crippen molar-refractivity contribution in [3.05, 3.63) is 29.8 Å². The summed E-state index contributed by atoms with van der Waals surface area (Å²) in [6.45, 7) is 5.48. The van der Waals surface area contributed by atoms with Crippen LogP contribution in [0.1, 0.15) is 51.5 Å². The van der Waals surface area contributed by atoms with Crippen LogP contribution in [0.5, 0.6) is 5.75 Å². The molecule has 1 saturated carbocycles. The predicted octanol–water partition coefficient (Wildman–Crippen LogP) is 4.84. The van der Waals surface area contributed by atoms with Crippen LogP contribution in [0, 0.1) is 11.8 Å². The molecule has 1 atom stereocenters. The lowest BCUT2D eigenvalue weighted by atomic mass is 9.99. The van der Waals surface area contributed by atoms with Crippen molar-refractivity contribution in [1.82, 2.24) is 0 Å². The first kappa shape index (κ1) is 13.5. The second-order valence-corrected chi connectivity index (χ2v) is 5.83. The Kier molecular flexibility index (Phi) is 5.10. The molecule has 0 aliphatic heterocycles. The van der Waals surface area contributed by atoms with E-state index >= 15 is 0 Å². The minimum atomic E-state index is 0.759. The van der Waals surface area contributed by atoms with Crippen molar-refractivity contribution in [3.8, 4) is 5.75 Å². The molecule has 100 valence electrons. The second-order valence-electron chi connectivity index (χ2n) is 5.83. The van der Waals surface area contributed by atoms with Crippen molar-refractivity contribution >= 4 is 0 Å². The van der Waals surface area contributed by atoms with E-state index in [-0.39, 0.29) is 0 Å². The lowest BCUT2D eigenvalue weighted by Crippen LogP contribution is -2.08. The molecule has 18 heavy (non-hydrogen) atoms. The summed E-state index contributed by atoms with van der Waals surface area (Å²) in [6.07, 6.45) is 7.90. The van der Waals surface area contributed by atoms with Gasteiger partial charge in [-0.05, 0) is 48.8 Å². The van der Waals surface area contributed by atoms with Crippen molar-refractivity contribution in [2.75, 3.05) is 6.61 Å². The molecule has 1 fully saturated rings. The molecule has 1 aromatic rings. The second kappa shape index (κ2) is 6.82. The highest BCUT2D eigenvalue weighted by Gasteiger charge is 2.15. The molecule has 0 heterocycles. The van der Waals surface area contributed by atoms with Gasteiger partial charge in [-0.1, -0.05) is 45.2 Å². The maximum absolute atomic E-state index is 5.95. The third kappa shape index (κ3) is 4.04. The fourth-order valence-electron chi connectivity index (χ4n) is 2.70. The third-order valence-corrected chi connectivity index (χ3v) is 4.14. The van der Waals surface area contributed by atoms with Crippen molar-refractivity contribution in [1.29, 1.82) is 0 Å². The Hall–Kier alpha value is -0.980. The van der Waals surface area contributed by atoms with Gasteiger partial charge in [0.25, 0.3) is 0 Å². The largest absolute Gasteiger partial charge is 0.493 e. The molecule has 0 spiro atoms. The summed E-state index contributed by atoms with van der Waals surface area (Å²) in [6, 6.07) is 8.66. The highest BCUT2D eigenvalue weighted by molar-refractivity contribution is 5.28. The van der Waals surface area contributed by atoms with Crippen molar-refractivity contribution in [2.24, 2.45) is 11.8 Å². The molecule has 0 aromatic heterocycles. The predicted molar refractivity (Wildman–Crippen MR) is 77.1 cm³/mol. The van der Waals surface area contributed by atoms with Crippen LogP contribution in [0.25, 0.3) is 0 Å². The Bertz CT molecular complexity index is 352. The molecule has 0 radical (unpaired) electrons. The van der Waals surface area contributed by atoms with Crippen LogP contribution in [0.4, 0.5) is 0 Å². The zero-order chi connectivity index (χ0) is 12.8. The van der Waals surface area contributed by atoms with Crippen LogP contribution >= 0.6 is 0 Å². The van der Waals surface area contributed by atoms with Gasteiger partial charge in [0.15, 0.2) is 0 Å². The summed E-state index contributed by atoms with van der Waals surface area (Å²) in [7, 11) is 0. The fraction of sp³-hybridized carbons (Fsp3) is 0.647. The number of ether oxygens (including phenoxy) is 1. The summed E-state index contributed by atoms with van der Waals surface area (Å²) in [4.78, 5) is 0. The lowest BCUT2D eigenvalue weighted by Gasteiger charge is -2.13. The van der Waals surface area contributed by atoms with Crippen LogP contribution in [0.2, 0.25) is 0 Å². The quantitative estimate of drug-likeness (QED) is 0.697. The van der Waals surface area contributed by atoms with Gasteiger partial charge in [0.05, 0.1) is 6.61 Å². The van der Waals surface area contributed by atoms with Gasteiger partial charge in [-0.15, -0.1) is 0 Å². The van der Waals surface area contributed by atoms with Gasteiger partial charge < -0.3 is 4.74 Å². The molecule has 1 aromatic carbocycles. The van der Waals surface area contributed by atoms with E-state index in [1.54, 1.807) is 0 Å². The summed E-state index contributed by atoms with van der Waals surface area (Å²) < 4.78 is 5.95. The normalized spacial score (nSPS) is 17.9. The third-order valence-electron chi connectivity index (χ3n) is 4.14. The van der Waals surface area contributed by atoms with Crippen molar-refractivity contribution < 1.29 is 4.74 Å². The highest BCUT2D eigenvalue weighted by atomic mass is 16.5. The smallest absolute Gasteiger partial charge is 0.119 e. The molecular weight excluding hydrogens is 220 g/mol. The summed E-state index contributed by atoms with van der Waals surface area (Å²) in [5.41, 5.74) is 1.41. The van der Waals surface area contributed by atoms with Gasteiger partial charge >= 0.3 is 0 Å². The Balaban J connectivity index is 1.86. The summed E-state index contributed by atoms with van der Waals surface area (Å²) in [5, 5.41) is 0. The van der Waals surface area contributed by atoms with E-state index < -0.39 is 0 Å². The van der Waals surface area contributed by atoms with Crippen LogP contribution < -0.4 is 4.74 Å². The highest BCUT2D eigenvalue weighted by Crippen LogP contribution is 2.26. The molecule has 0 bridgehead atoms. The SMILES string of the molecule is CC[C@H](C)Cc1cccc(OCC2CCCC2)c1. The monoisotopic (exact) mass is 246 g/mol. The molecular formula is C17H26O. The Morgan fingerprint density at radius 3 is 2.78 bits per heavy atom. The van der Waals surface area contributed by atoms with Gasteiger partial charge in [-0.25, -0.2) is 0 Å². The van der Waals surface area contributed by atoms with Crippen molar-refractivity contribution in [3.63, 3.8) is 0 Å². The molecule has 1 aliphatic rings. The van der Waals surface area contributed by atoms with Gasteiger partial charge in [0.1, 0.15) is 5.75 Å². The molecule has 0 saturated heterocycles. The number of rotatable bonds is 6. The number of hydrogen-bond donors (Lipinski definition) is 0. The molecule has 0 N–H and O–H groups in total. The first-order valence-electron chi connectivity index (χ1n) is 7.49. The van der Waals surface area contributed by atoms with E-state index in [0.29, 0.717) is 0 Å². The first-order valence-corrected chi connectivity index (χ1v) is 7.49. The molecule has 2 rings (SSSR count). The maximum atomic E-state index is 5.95. The Labute approximate surface area is 112 Å². The minimum Gasteiger partial charge on any atom is -0.493 e. The molecule has 1 aliphatic carbocycles. The van der Waals surface area contributed by atoms with E-state index in [4.69, 9.17) is 4.74 Å². The average Bonchev–Trinajstić information content (AvgIpc) is 2.90. The zero-order valence-electron chi connectivity index (χ0n) is 11.8. The number of benzene rings is 1. The molecule has 0 unspecified atom stereocenters. The van der Waals surface area contributed by atoms with Crippen LogP contribution in [0.3, 0.4) is 0 Å². The van der Waals surface area contributed by atoms with Crippen molar-refractivity contribution in [2.45, 2.75) is 52.4 Å². The van der Waals surface area contributed by atoms with E-state index in [1.165, 1.54) is 37.7 Å². The van der Waals surface area contributed by atoms with Crippen LogP contribution in [-0.4, -0.2) is 6.61 Å². The Morgan fingerprint density at radius 2 is 2.06 bits per heavy atom. The van der Waals surface area contributed by atoms with Gasteiger partial charge in [0, 0.05) is 0 Å². The van der Waals surface area contributed by atoms with Gasteiger partial charge in [-0.3, -0.25) is 0 Å². The average molecular weight is 246 g/mol. The summed E-state index contributed by atoms with van der Waals surface area (Å²) in [5.74, 6) is 2.61. The van der Waals surface area contributed by atoms with E-state index in [0.717, 1.165) is 30.6 Å². The Morgan fingerprint density at radius 1 is 1.28 bits per heavy atom. The lowest BCUT2D eigenvalue weighted by molar-refractivity contribution is 0.252. The zero-order valence-corrected chi connectivity index (χ0v) is 11.8. The van der Waals surface area contributed by atoms with Gasteiger partial charge in [-0.2, -0.15) is 0 Å². The molecule has 1 heteroatoms. The first-order chi connectivity index (χ1) is 8.78. The minimum absolute atomic E-state index is 0.759. The maximum Gasteiger partial charge on any atom is 0.119 e.